The van der Waals surface area contributed by atoms with E-state index in [0.717, 1.165) is 29.9 Å². The lowest BCUT2D eigenvalue weighted by molar-refractivity contribution is -0.122. The van der Waals surface area contributed by atoms with Gasteiger partial charge in [-0.3, -0.25) is 4.79 Å². The van der Waals surface area contributed by atoms with Crippen LogP contribution in [0.5, 0.6) is 17.2 Å². The van der Waals surface area contributed by atoms with Crippen molar-refractivity contribution in [3.05, 3.63) is 48.0 Å². The fraction of sp³-hybridized carbons (Fsp3) is 0.435. The van der Waals surface area contributed by atoms with Crippen molar-refractivity contribution < 1.29 is 32.2 Å². The van der Waals surface area contributed by atoms with Gasteiger partial charge in [0.05, 0.1) is 25.7 Å². The first-order valence-electron chi connectivity index (χ1n) is 10.4. The van der Waals surface area contributed by atoms with E-state index in [9.17, 15) is 13.2 Å². The van der Waals surface area contributed by atoms with Crippen molar-refractivity contribution in [2.45, 2.75) is 35.3 Å². The third-order valence-electron chi connectivity index (χ3n) is 5.69. The quantitative estimate of drug-likeness (QED) is 0.539. The Morgan fingerprint density at radius 3 is 2.12 bits per heavy atom. The summed E-state index contributed by atoms with van der Waals surface area (Å²) in [5, 5.41) is 0. The Balaban J connectivity index is 1.61. The second kappa shape index (κ2) is 10.2. The second-order valence-corrected chi connectivity index (χ2v) is 9.88. The van der Waals surface area contributed by atoms with E-state index in [1.807, 2.05) is 18.2 Å². The van der Waals surface area contributed by atoms with Crippen LogP contribution < -0.4 is 19.9 Å². The van der Waals surface area contributed by atoms with Crippen molar-refractivity contribution in [3.8, 4) is 17.2 Å². The van der Waals surface area contributed by atoms with E-state index in [0.29, 0.717) is 12.4 Å². The Morgan fingerprint density at radius 2 is 1.59 bits per heavy atom. The maximum absolute atomic E-state index is 13.2. The molecule has 1 saturated heterocycles. The highest BCUT2D eigenvalue weighted by molar-refractivity contribution is 7.93. The minimum absolute atomic E-state index is 0.0500. The molecule has 0 atom stereocenters. The van der Waals surface area contributed by atoms with Gasteiger partial charge in [-0.05, 0) is 67.6 Å². The largest absolute Gasteiger partial charge is 0.497 e. The Bertz CT molecular complexity index is 1010. The van der Waals surface area contributed by atoms with Crippen LogP contribution >= 0.6 is 0 Å². The van der Waals surface area contributed by atoms with Gasteiger partial charge >= 0.3 is 0 Å². The minimum atomic E-state index is -3.95. The van der Waals surface area contributed by atoms with Gasteiger partial charge in [0, 0.05) is 19.3 Å². The molecule has 1 heterocycles. The molecule has 0 aliphatic carbocycles. The van der Waals surface area contributed by atoms with Crippen molar-refractivity contribution in [2.75, 3.05) is 34.0 Å². The Kier molecular flexibility index (Phi) is 7.63. The van der Waals surface area contributed by atoms with Gasteiger partial charge in [-0.2, -0.15) is 0 Å². The Labute approximate surface area is 188 Å². The highest BCUT2D eigenvalue weighted by Gasteiger charge is 2.51. The third kappa shape index (κ3) is 4.99. The van der Waals surface area contributed by atoms with Crippen LogP contribution in [0, 0.1) is 0 Å². The molecule has 1 aliphatic heterocycles. The van der Waals surface area contributed by atoms with E-state index >= 15 is 0 Å². The molecular weight excluding hydrogens is 434 g/mol. The molecule has 2 aromatic carbocycles. The summed E-state index contributed by atoms with van der Waals surface area (Å²) in [6.07, 6.45) is 1.63. The summed E-state index contributed by atoms with van der Waals surface area (Å²) in [5.74, 6) is 1.17. The number of aryl methyl sites for hydroxylation is 1. The number of sulfone groups is 1. The molecule has 0 aromatic heterocycles. The Hall–Kier alpha value is -2.78. The zero-order chi connectivity index (χ0) is 23.2. The number of hydrogen-bond acceptors (Lipinski definition) is 7. The minimum Gasteiger partial charge on any atom is -0.497 e. The van der Waals surface area contributed by atoms with Crippen LogP contribution in [0.15, 0.2) is 47.4 Å². The molecule has 174 valence electrons. The summed E-state index contributed by atoms with van der Waals surface area (Å²) in [4.78, 5) is 12.1. The van der Waals surface area contributed by atoms with Crippen LogP contribution in [0.2, 0.25) is 0 Å². The molecule has 0 unspecified atom stereocenters. The maximum Gasteiger partial charge on any atom is 0.239 e. The number of methoxy groups -OCH3 is 2. The standard InChI is InChI=1S/C23H29NO7S/c1-28-19-14-17(15-20(16-19)29-2)4-3-11-31-18-5-7-21(8-6-18)32(26,27)23(22(24)25)9-12-30-13-10-23/h5-8,14-16H,3-4,9-13H2,1-2H3,(H2,24,25). The molecule has 0 spiro atoms. The molecule has 1 amide bonds. The number of amides is 1. The van der Waals surface area contributed by atoms with Crippen LogP contribution in [-0.4, -0.2) is 53.1 Å². The molecule has 1 fully saturated rings. The van der Waals surface area contributed by atoms with Gasteiger partial charge in [0.1, 0.15) is 17.2 Å². The predicted molar refractivity (Wildman–Crippen MR) is 119 cm³/mol. The summed E-state index contributed by atoms with van der Waals surface area (Å²) in [6.45, 7) is 0.819. The van der Waals surface area contributed by atoms with Crippen molar-refractivity contribution in [2.24, 2.45) is 5.73 Å². The second-order valence-electron chi connectivity index (χ2n) is 7.62. The van der Waals surface area contributed by atoms with Gasteiger partial charge in [0.25, 0.3) is 0 Å². The van der Waals surface area contributed by atoms with E-state index in [4.69, 9.17) is 24.7 Å². The number of nitrogens with two attached hydrogens (primary N) is 1. The highest BCUT2D eigenvalue weighted by atomic mass is 32.2. The van der Waals surface area contributed by atoms with E-state index in [2.05, 4.69) is 0 Å². The zero-order valence-corrected chi connectivity index (χ0v) is 19.2. The zero-order valence-electron chi connectivity index (χ0n) is 18.3. The summed E-state index contributed by atoms with van der Waals surface area (Å²) in [5.41, 5.74) is 6.58. The smallest absolute Gasteiger partial charge is 0.239 e. The summed E-state index contributed by atoms with van der Waals surface area (Å²) >= 11 is 0. The van der Waals surface area contributed by atoms with Gasteiger partial charge in [0.15, 0.2) is 14.6 Å². The lowest BCUT2D eigenvalue weighted by atomic mass is 9.98. The Morgan fingerprint density at radius 1 is 1.00 bits per heavy atom. The number of benzene rings is 2. The molecule has 2 N–H and O–H groups in total. The number of carbonyl (C=O) groups is 1. The SMILES string of the molecule is COc1cc(CCCOc2ccc(S(=O)(=O)C3(C(N)=O)CCOCC3)cc2)cc(OC)c1. The van der Waals surface area contributed by atoms with Gasteiger partial charge in [-0.1, -0.05) is 0 Å². The lowest BCUT2D eigenvalue weighted by Crippen LogP contribution is -2.53. The molecule has 0 saturated carbocycles. The van der Waals surface area contributed by atoms with Crippen molar-refractivity contribution in [1.29, 1.82) is 0 Å². The van der Waals surface area contributed by atoms with Crippen molar-refractivity contribution >= 4 is 15.7 Å². The average Bonchev–Trinajstić information content (AvgIpc) is 2.82. The van der Waals surface area contributed by atoms with Crippen LogP contribution in [0.4, 0.5) is 0 Å². The molecule has 0 radical (unpaired) electrons. The molecule has 1 aliphatic rings. The van der Waals surface area contributed by atoms with Gasteiger partial charge in [-0.15, -0.1) is 0 Å². The first kappa shape index (κ1) is 23.9. The number of primary amides is 1. The molecular formula is C23H29NO7S. The van der Waals surface area contributed by atoms with Gasteiger partial charge in [-0.25, -0.2) is 8.42 Å². The molecule has 2 aromatic rings. The third-order valence-corrected chi connectivity index (χ3v) is 8.22. The fourth-order valence-corrected chi connectivity index (χ4v) is 5.68. The monoisotopic (exact) mass is 463 g/mol. The first-order chi connectivity index (χ1) is 15.3. The number of ether oxygens (including phenoxy) is 4. The summed E-state index contributed by atoms with van der Waals surface area (Å²) in [6, 6.07) is 11.8. The highest BCUT2D eigenvalue weighted by Crippen LogP contribution is 2.35. The van der Waals surface area contributed by atoms with Gasteiger partial charge < -0.3 is 24.7 Å². The van der Waals surface area contributed by atoms with Gasteiger partial charge in [0.2, 0.25) is 5.91 Å². The number of carbonyl (C=O) groups excluding carboxylic acids is 1. The van der Waals surface area contributed by atoms with Crippen LogP contribution in [0.25, 0.3) is 0 Å². The van der Waals surface area contributed by atoms with Crippen LogP contribution in [-0.2, 0) is 25.8 Å². The summed E-state index contributed by atoms with van der Waals surface area (Å²) in [7, 11) is -0.728. The topological polar surface area (TPSA) is 114 Å². The lowest BCUT2D eigenvalue weighted by Gasteiger charge is -2.33. The van der Waals surface area contributed by atoms with Crippen LogP contribution in [0.1, 0.15) is 24.8 Å². The fourth-order valence-electron chi connectivity index (χ4n) is 3.77. The number of hydrogen-bond donors (Lipinski definition) is 1. The van der Waals surface area contributed by atoms with Crippen molar-refractivity contribution in [3.63, 3.8) is 0 Å². The molecule has 3 rings (SSSR count). The van der Waals surface area contributed by atoms with Crippen molar-refractivity contribution in [1.82, 2.24) is 0 Å². The predicted octanol–water partition coefficient (Wildman–Crippen LogP) is 2.52. The van der Waals surface area contributed by atoms with Crippen LogP contribution in [0.3, 0.4) is 0 Å². The maximum atomic E-state index is 13.2. The van der Waals surface area contributed by atoms with E-state index < -0.39 is 20.5 Å². The molecule has 0 bridgehead atoms. The van der Waals surface area contributed by atoms with E-state index in [1.165, 1.54) is 12.1 Å². The van der Waals surface area contributed by atoms with E-state index in [-0.39, 0.29) is 31.0 Å². The first-order valence-corrected chi connectivity index (χ1v) is 11.9. The molecule has 32 heavy (non-hydrogen) atoms. The van der Waals surface area contributed by atoms with E-state index in [1.54, 1.807) is 26.4 Å². The molecule has 8 nitrogen and oxygen atoms in total. The average molecular weight is 464 g/mol. The molecule has 9 heteroatoms. The number of rotatable bonds is 10. The summed E-state index contributed by atoms with van der Waals surface area (Å²) < 4.78 is 46.2. The normalized spacial score (nSPS) is 15.7.